The van der Waals surface area contributed by atoms with Gasteiger partial charge in [-0.25, -0.2) is 9.97 Å². The summed E-state index contributed by atoms with van der Waals surface area (Å²) in [6.45, 7) is 4.15. The molecule has 1 aliphatic rings. The quantitative estimate of drug-likeness (QED) is 0.884. The molecule has 0 spiro atoms. The predicted molar refractivity (Wildman–Crippen MR) is 75.9 cm³/mol. The van der Waals surface area contributed by atoms with Crippen molar-refractivity contribution in [3.8, 4) is 0 Å². The van der Waals surface area contributed by atoms with E-state index in [0.717, 1.165) is 37.3 Å². The van der Waals surface area contributed by atoms with Crippen molar-refractivity contribution in [2.45, 2.75) is 25.8 Å². The molecule has 3 heterocycles. The topological polar surface area (TPSA) is 67.9 Å². The van der Waals surface area contributed by atoms with Gasteiger partial charge in [-0.05, 0) is 24.5 Å². The Hall–Kier alpha value is -1.75. The van der Waals surface area contributed by atoms with Gasteiger partial charge < -0.3 is 10.6 Å². The van der Waals surface area contributed by atoms with Gasteiger partial charge in [-0.2, -0.15) is 0 Å². The summed E-state index contributed by atoms with van der Waals surface area (Å²) >= 11 is 0. The maximum atomic E-state index is 6.15. The van der Waals surface area contributed by atoms with Gasteiger partial charge in [0, 0.05) is 31.5 Å². The van der Waals surface area contributed by atoms with E-state index in [0.29, 0.717) is 17.6 Å². The van der Waals surface area contributed by atoms with E-state index in [2.05, 4.69) is 26.8 Å². The number of fused-ring (bicyclic) bond motifs is 1. The minimum Gasteiger partial charge on any atom is -0.356 e. The average Bonchev–Trinajstić information content (AvgIpc) is 2.47. The third kappa shape index (κ3) is 2.38. The lowest BCUT2D eigenvalue weighted by Crippen LogP contribution is -2.47. The van der Waals surface area contributed by atoms with Gasteiger partial charge in [-0.15, -0.1) is 0 Å². The normalized spacial score (nSPS) is 23.8. The number of rotatable bonds is 2. The van der Waals surface area contributed by atoms with E-state index in [-0.39, 0.29) is 0 Å². The lowest BCUT2D eigenvalue weighted by atomic mass is 9.91. The Balaban J connectivity index is 1.87. The van der Waals surface area contributed by atoms with E-state index >= 15 is 0 Å². The fourth-order valence-electron chi connectivity index (χ4n) is 2.71. The molecular formula is C14H19N5. The van der Waals surface area contributed by atoms with Gasteiger partial charge in [0.25, 0.3) is 0 Å². The Morgan fingerprint density at radius 2 is 2.16 bits per heavy atom. The molecule has 1 fully saturated rings. The molecule has 2 aromatic heterocycles. The molecule has 1 aliphatic heterocycles. The first-order chi connectivity index (χ1) is 9.28. The van der Waals surface area contributed by atoms with Crippen LogP contribution in [0.15, 0.2) is 24.5 Å². The molecular weight excluding hydrogens is 238 g/mol. The number of piperidine rings is 1. The summed E-state index contributed by atoms with van der Waals surface area (Å²) < 4.78 is 0. The first-order valence-corrected chi connectivity index (χ1v) is 6.86. The Morgan fingerprint density at radius 1 is 1.32 bits per heavy atom. The number of anilines is 1. The van der Waals surface area contributed by atoms with Crippen molar-refractivity contribution < 1.29 is 0 Å². The summed E-state index contributed by atoms with van der Waals surface area (Å²) in [6.07, 6.45) is 5.51. The molecule has 0 aromatic carbocycles. The number of nitrogens with two attached hydrogens (primary N) is 1. The highest BCUT2D eigenvalue weighted by molar-refractivity contribution is 5.71. The first-order valence-electron chi connectivity index (χ1n) is 6.86. The minimum absolute atomic E-state index is 0.321. The molecule has 0 amide bonds. The van der Waals surface area contributed by atoms with Crippen LogP contribution in [0.25, 0.3) is 11.2 Å². The lowest BCUT2D eigenvalue weighted by molar-refractivity contribution is 0.347. The second-order valence-corrected chi connectivity index (χ2v) is 5.14. The molecule has 5 heteroatoms. The minimum atomic E-state index is 0.321. The smallest absolute Gasteiger partial charge is 0.180 e. The van der Waals surface area contributed by atoms with Crippen LogP contribution in [0.2, 0.25) is 0 Å². The summed E-state index contributed by atoms with van der Waals surface area (Å²) in [7, 11) is 0. The summed E-state index contributed by atoms with van der Waals surface area (Å²) in [5, 5.41) is 0. The zero-order valence-electron chi connectivity index (χ0n) is 11.2. The molecule has 2 atom stereocenters. The monoisotopic (exact) mass is 257 g/mol. The zero-order chi connectivity index (χ0) is 13.2. The van der Waals surface area contributed by atoms with E-state index in [1.165, 1.54) is 0 Å². The molecule has 19 heavy (non-hydrogen) atoms. The summed E-state index contributed by atoms with van der Waals surface area (Å²) in [6, 6.07) is 4.34. The second-order valence-electron chi connectivity index (χ2n) is 5.14. The van der Waals surface area contributed by atoms with Crippen molar-refractivity contribution in [3.63, 3.8) is 0 Å². The summed E-state index contributed by atoms with van der Waals surface area (Å²) in [5.41, 5.74) is 7.70. The maximum absolute atomic E-state index is 6.15. The van der Waals surface area contributed by atoms with Gasteiger partial charge in [0.2, 0.25) is 0 Å². The van der Waals surface area contributed by atoms with Crippen LogP contribution in [-0.2, 0) is 0 Å². The zero-order valence-corrected chi connectivity index (χ0v) is 11.2. The Kier molecular flexibility index (Phi) is 3.29. The van der Waals surface area contributed by atoms with E-state index in [4.69, 9.17) is 5.73 Å². The van der Waals surface area contributed by atoms with Gasteiger partial charge in [0.05, 0.1) is 0 Å². The maximum Gasteiger partial charge on any atom is 0.180 e. The molecule has 0 bridgehead atoms. The standard InChI is InChI=1S/C14H19N5/c1-2-10-9-19(8-5-11(10)15)13-4-3-12-14(18-13)17-7-6-16-12/h3-4,6-7,10-11H,2,5,8-9,15H2,1H3. The molecule has 0 aliphatic carbocycles. The Bertz CT molecular complexity index is 571. The molecule has 100 valence electrons. The molecule has 2 unspecified atom stereocenters. The first kappa shape index (κ1) is 12.3. The van der Waals surface area contributed by atoms with Gasteiger partial charge in [-0.1, -0.05) is 13.3 Å². The van der Waals surface area contributed by atoms with Crippen LogP contribution in [0, 0.1) is 5.92 Å². The van der Waals surface area contributed by atoms with Crippen molar-refractivity contribution in [2.24, 2.45) is 11.7 Å². The van der Waals surface area contributed by atoms with Crippen molar-refractivity contribution in [1.82, 2.24) is 15.0 Å². The molecule has 3 rings (SSSR count). The predicted octanol–water partition coefficient (Wildman–Crippen LogP) is 1.59. The number of nitrogens with zero attached hydrogens (tertiary/aromatic N) is 4. The summed E-state index contributed by atoms with van der Waals surface area (Å²) in [4.78, 5) is 15.4. The van der Waals surface area contributed by atoms with Crippen LogP contribution in [0.5, 0.6) is 0 Å². The van der Waals surface area contributed by atoms with E-state index < -0.39 is 0 Å². The molecule has 2 N–H and O–H groups in total. The van der Waals surface area contributed by atoms with Crippen LogP contribution >= 0.6 is 0 Å². The van der Waals surface area contributed by atoms with Crippen LogP contribution in [0.1, 0.15) is 19.8 Å². The number of hydrogen-bond donors (Lipinski definition) is 1. The van der Waals surface area contributed by atoms with Crippen LogP contribution in [-0.4, -0.2) is 34.1 Å². The highest BCUT2D eigenvalue weighted by Crippen LogP contribution is 2.23. The highest BCUT2D eigenvalue weighted by Gasteiger charge is 2.26. The highest BCUT2D eigenvalue weighted by atomic mass is 15.2. The number of pyridine rings is 1. The molecule has 1 saturated heterocycles. The molecule has 2 aromatic rings. The van der Waals surface area contributed by atoms with Crippen molar-refractivity contribution in [3.05, 3.63) is 24.5 Å². The Morgan fingerprint density at radius 3 is 3.00 bits per heavy atom. The van der Waals surface area contributed by atoms with Gasteiger partial charge >= 0.3 is 0 Å². The van der Waals surface area contributed by atoms with Gasteiger partial charge in [0.15, 0.2) is 5.65 Å². The van der Waals surface area contributed by atoms with Crippen LogP contribution in [0.4, 0.5) is 5.82 Å². The van der Waals surface area contributed by atoms with E-state index in [9.17, 15) is 0 Å². The van der Waals surface area contributed by atoms with E-state index in [1.807, 2.05) is 12.1 Å². The second kappa shape index (κ2) is 5.09. The number of aromatic nitrogens is 3. The van der Waals surface area contributed by atoms with Crippen LogP contribution < -0.4 is 10.6 Å². The number of hydrogen-bond acceptors (Lipinski definition) is 5. The Labute approximate surface area is 112 Å². The molecule has 0 radical (unpaired) electrons. The molecule has 5 nitrogen and oxygen atoms in total. The van der Waals surface area contributed by atoms with Crippen molar-refractivity contribution in [1.29, 1.82) is 0 Å². The summed E-state index contributed by atoms with van der Waals surface area (Å²) in [5.74, 6) is 1.53. The third-order valence-corrected chi connectivity index (χ3v) is 3.96. The largest absolute Gasteiger partial charge is 0.356 e. The van der Waals surface area contributed by atoms with Crippen molar-refractivity contribution >= 4 is 17.0 Å². The lowest BCUT2D eigenvalue weighted by Gasteiger charge is -2.37. The van der Waals surface area contributed by atoms with Gasteiger partial charge in [-0.3, -0.25) is 4.98 Å². The van der Waals surface area contributed by atoms with Crippen molar-refractivity contribution in [2.75, 3.05) is 18.0 Å². The van der Waals surface area contributed by atoms with Crippen LogP contribution in [0.3, 0.4) is 0 Å². The fraction of sp³-hybridized carbons (Fsp3) is 0.500. The average molecular weight is 257 g/mol. The SMILES string of the molecule is CCC1CN(c2ccc3nccnc3n2)CCC1N. The van der Waals surface area contributed by atoms with E-state index in [1.54, 1.807) is 12.4 Å². The third-order valence-electron chi connectivity index (χ3n) is 3.96. The molecule has 0 saturated carbocycles. The fourth-order valence-corrected chi connectivity index (χ4v) is 2.71. The van der Waals surface area contributed by atoms with Gasteiger partial charge in [0.1, 0.15) is 11.3 Å².